The molecule has 0 radical (unpaired) electrons. The monoisotopic (exact) mass is 422 g/mol. The number of para-hydroxylation sites is 1. The Bertz CT molecular complexity index is 1120. The first-order chi connectivity index (χ1) is 14.5. The van der Waals surface area contributed by atoms with Crippen LogP contribution in [0.1, 0.15) is 11.6 Å². The fourth-order valence-electron chi connectivity index (χ4n) is 4.09. The van der Waals surface area contributed by atoms with Gasteiger partial charge in [0.1, 0.15) is 11.7 Å². The van der Waals surface area contributed by atoms with Crippen LogP contribution in [-0.4, -0.2) is 17.9 Å². The van der Waals surface area contributed by atoms with Gasteiger partial charge in [0.05, 0.1) is 17.4 Å². The van der Waals surface area contributed by atoms with Crippen LogP contribution in [0, 0.1) is 11.7 Å². The topological polar surface area (TPSA) is 49.9 Å². The lowest BCUT2D eigenvalue weighted by Gasteiger charge is -2.28. The van der Waals surface area contributed by atoms with Gasteiger partial charge in [-0.3, -0.25) is 14.4 Å². The van der Waals surface area contributed by atoms with Crippen LogP contribution in [0.5, 0.6) is 0 Å². The largest absolute Gasteiger partial charge is 0.273 e. The Kier molecular flexibility index (Phi) is 4.53. The van der Waals surface area contributed by atoms with Crippen LogP contribution in [0.15, 0.2) is 78.9 Å². The van der Waals surface area contributed by atoms with E-state index in [1.54, 1.807) is 41.5 Å². The number of amides is 2. The minimum atomic E-state index is -0.998. The SMILES string of the molecule is O=C1[C@@H]2[C@H](ON(c3ccccc3)[C@H]2c2cccc(F)c2)C(=O)N1c1ccc(Cl)cc1. The van der Waals surface area contributed by atoms with E-state index in [0.717, 1.165) is 4.90 Å². The Morgan fingerprint density at radius 3 is 2.27 bits per heavy atom. The number of nitrogens with zero attached hydrogens (tertiary/aromatic N) is 2. The molecule has 3 aromatic rings. The van der Waals surface area contributed by atoms with Crippen molar-refractivity contribution in [3.8, 4) is 0 Å². The van der Waals surface area contributed by atoms with Gasteiger partial charge in [0.15, 0.2) is 6.10 Å². The Morgan fingerprint density at radius 1 is 0.833 bits per heavy atom. The van der Waals surface area contributed by atoms with Crippen molar-refractivity contribution < 1.29 is 18.8 Å². The van der Waals surface area contributed by atoms with Crippen LogP contribution >= 0.6 is 11.6 Å². The molecule has 0 aromatic heterocycles. The van der Waals surface area contributed by atoms with Gasteiger partial charge in [-0.2, -0.15) is 0 Å². The van der Waals surface area contributed by atoms with Crippen molar-refractivity contribution >= 4 is 34.8 Å². The summed E-state index contributed by atoms with van der Waals surface area (Å²) < 4.78 is 14.0. The summed E-state index contributed by atoms with van der Waals surface area (Å²) >= 11 is 5.94. The summed E-state index contributed by atoms with van der Waals surface area (Å²) in [6.07, 6.45) is -0.998. The third kappa shape index (κ3) is 2.96. The van der Waals surface area contributed by atoms with E-state index in [-0.39, 0.29) is 5.91 Å². The summed E-state index contributed by atoms with van der Waals surface area (Å²) in [4.78, 5) is 33.7. The van der Waals surface area contributed by atoms with E-state index in [9.17, 15) is 14.0 Å². The van der Waals surface area contributed by atoms with Gasteiger partial charge in [0, 0.05) is 5.02 Å². The van der Waals surface area contributed by atoms with Crippen LogP contribution in [0.2, 0.25) is 5.02 Å². The van der Waals surface area contributed by atoms with Gasteiger partial charge in [-0.1, -0.05) is 41.9 Å². The summed E-state index contributed by atoms with van der Waals surface area (Å²) in [5.74, 6) is -2.07. The van der Waals surface area contributed by atoms with Crippen LogP contribution < -0.4 is 9.96 Å². The molecule has 0 aliphatic carbocycles. The molecule has 0 spiro atoms. The third-order valence-electron chi connectivity index (χ3n) is 5.40. The minimum Gasteiger partial charge on any atom is -0.273 e. The maximum atomic E-state index is 14.0. The summed E-state index contributed by atoms with van der Waals surface area (Å²) in [6, 6.07) is 21.0. The molecule has 2 amide bonds. The zero-order chi connectivity index (χ0) is 20.8. The van der Waals surface area contributed by atoms with Gasteiger partial charge < -0.3 is 0 Å². The maximum absolute atomic E-state index is 14.0. The van der Waals surface area contributed by atoms with Gasteiger partial charge in [-0.15, -0.1) is 0 Å². The van der Waals surface area contributed by atoms with Crippen molar-refractivity contribution in [2.24, 2.45) is 5.92 Å². The first-order valence-corrected chi connectivity index (χ1v) is 9.82. The average Bonchev–Trinajstić information content (AvgIpc) is 3.26. The van der Waals surface area contributed by atoms with Crippen LogP contribution in [-0.2, 0) is 14.4 Å². The molecular formula is C23H16ClFN2O3. The second-order valence-electron chi connectivity index (χ2n) is 7.20. The number of carbonyl (C=O) groups excluding carboxylic acids is 2. The van der Waals surface area contributed by atoms with Gasteiger partial charge in [-0.05, 0) is 54.1 Å². The van der Waals surface area contributed by atoms with Crippen LogP contribution in [0.25, 0.3) is 0 Å². The third-order valence-corrected chi connectivity index (χ3v) is 5.65. The van der Waals surface area contributed by atoms with Gasteiger partial charge in [0.25, 0.3) is 5.91 Å². The molecule has 2 aliphatic heterocycles. The lowest BCUT2D eigenvalue weighted by Crippen LogP contribution is -2.37. The second kappa shape index (κ2) is 7.23. The highest BCUT2D eigenvalue weighted by molar-refractivity contribution is 6.31. The van der Waals surface area contributed by atoms with E-state index in [1.165, 1.54) is 12.1 Å². The number of anilines is 2. The quantitative estimate of drug-likeness (QED) is 0.582. The zero-order valence-electron chi connectivity index (χ0n) is 15.6. The molecule has 30 heavy (non-hydrogen) atoms. The Hall–Kier alpha value is -3.22. The number of carbonyl (C=O) groups is 2. The first-order valence-electron chi connectivity index (χ1n) is 9.44. The summed E-state index contributed by atoms with van der Waals surface area (Å²) in [5.41, 5.74) is 1.67. The highest BCUT2D eigenvalue weighted by Gasteiger charge is 2.60. The average molecular weight is 423 g/mol. The highest BCUT2D eigenvalue weighted by Crippen LogP contribution is 2.47. The number of hydrogen-bond acceptors (Lipinski definition) is 4. The van der Waals surface area contributed by atoms with Crippen LogP contribution in [0.3, 0.4) is 0 Å². The molecule has 0 saturated carbocycles. The van der Waals surface area contributed by atoms with Crippen molar-refractivity contribution in [2.75, 3.05) is 9.96 Å². The van der Waals surface area contributed by atoms with E-state index in [0.29, 0.717) is 22.0 Å². The van der Waals surface area contributed by atoms with E-state index in [4.69, 9.17) is 16.4 Å². The molecule has 3 aromatic carbocycles. The molecule has 0 N–H and O–H groups in total. The lowest BCUT2D eigenvalue weighted by molar-refractivity contribution is -0.126. The Morgan fingerprint density at radius 2 is 1.57 bits per heavy atom. The second-order valence-corrected chi connectivity index (χ2v) is 7.64. The molecule has 0 unspecified atom stereocenters. The van der Waals surface area contributed by atoms with Gasteiger partial charge >= 0.3 is 0 Å². The zero-order valence-corrected chi connectivity index (χ0v) is 16.4. The Balaban J connectivity index is 1.59. The van der Waals surface area contributed by atoms with E-state index in [2.05, 4.69) is 0 Å². The number of benzene rings is 3. The number of fused-ring (bicyclic) bond motifs is 1. The smallest absolute Gasteiger partial charge is 0.266 e. The minimum absolute atomic E-state index is 0.389. The van der Waals surface area contributed by atoms with Crippen molar-refractivity contribution in [3.63, 3.8) is 0 Å². The summed E-state index contributed by atoms with van der Waals surface area (Å²) in [5, 5.41) is 2.04. The number of imide groups is 1. The molecule has 2 fully saturated rings. The van der Waals surface area contributed by atoms with Gasteiger partial charge in [-0.25, -0.2) is 14.4 Å². The predicted molar refractivity (Wildman–Crippen MR) is 110 cm³/mol. The molecule has 0 bridgehead atoms. The number of hydroxylamine groups is 1. The fourth-order valence-corrected chi connectivity index (χ4v) is 4.21. The molecule has 5 nitrogen and oxygen atoms in total. The number of rotatable bonds is 3. The van der Waals surface area contributed by atoms with Crippen molar-refractivity contribution in [2.45, 2.75) is 12.1 Å². The molecule has 3 atom stereocenters. The van der Waals surface area contributed by atoms with E-state index >= 15 is 0 Å². The number of hydrogen-bond donors (Lipinski definition) is 0. The normalized spacial score (nSPS) is 23.2. The highest BCUT2D eigenvalue weighted by atomic mass is 35.5. The van der Waals surface area contributed by atoms with Gasteiger partial charge in [0.2, 0.25) is 5.91 Å². The standard InChI is InChI=1S/C23H16ClFN2O3/c24-15-9-11-17(12-10-15)26-22(28)19-20(14-5-4-6-16(25)13-14)27(30-21(19)23(26)29)18-7-2-1-3-8-18/h1-13,19-21H/t19-,20-,21-/m0/s1. The first kappa shape index (κ1) is 18.8. The van der Waals surface area contributed by atoms with Crippen molar-refractivity contribution in [1.82, 2.24) is 0 Å². The number of halogens is 2. The predicted octanol–water partition coefficient (Wildman–Crippen LogP) is 4.53. The maximum Gasteiger partial charge on any atom is 0.266 e. The Labute approximate surface area is 177 Å². The molecule has 2 heterocycles. The summed E-state index contributed by atoms with van der Waals surface area (Å²) in [6.45, 7) is 0. The van der Waals surface area contributed by atoms with E-state index in [1.807, 2.05) is 30.3 Å². The molecule has 5 rings (SSSR count). The van der Waals surface area contributed by atoms with Crippen molar-refractivity contribution in [1.29, 1.82) is 0 Å². The van der Waals surface area contributed by atoms with E-state index < -0.39 is 29.8 Å². The molecule has 7 heteroatoms. The molecule has 2 aliphatic rings. The fraction of sp³-hybridized carbons (Fsp3) is 0.130. The van der Waals surface area contributed by atoms with Crippen molar-refractivity contribution in [3.05, 3.63) is 95.3 Å². The summed E-state index contributed by atoms with van der Waals surface area (Å²) in [7, 11) is 0. The molecular weight excluding hydrogens is 407 g/mol. The molecule has 150 valence electrons. The van der Waals surface area contributed by atoms with Crippen LogP contribution in [0.4, 0.5) is 15.8 Å². The molecule has 2 saturated heterocycles. The lowest BCUT2D eigenvalue weighted by atomic mass is 9.90.